The highest BCUT2D eigenvalue weighted by atomic mass is 79.9. The Labute approximate surface area is 162 Å². The Balaban J connectivity index is 1.96. The lowest BCUT2D eigenvalue weighted by molar-refractivity contribution is -0.137. The Morgan fingerprint density at radius 1 is 1.00 bits per heavy atom. The van der Waals surface area contributed by atoms with Crippen molar-refractivity contribution in [2.45, 2.75) is 6.18 Å². The summed E-state index contributed by atoms with van der Waals surface area (Å²) in [6.45, 7) is 3.69. The Kier molecular flexibility index (Phi) is 5.46. The van der Waals surface area contributed by atoms with Crippen LogP contribution in [0.25, 0.3) is 6.08 Å². The van der Waals surface area contributed by atoms with E-state index in [2.05, 4.69) is 43.1 Å². The topological polar surface area (TPSA) is 49.8 Å². The summed E-state index contributed by atoms with van der Waals surface area (Å²) in [7, 11) is 0. The molecule has 0 aliphatic heterocycles. The molecule has 0 saturated heterocycles. The van der Waals surface area contributed by atoms with Crippen LogP contribution in [0.2, 0.25) is 0 Å². The molecule has 1 heterocycles. The molecule has 8 heteroatoms. The van der Waals surface area contributed by atoms with Crippen LogP contribution in [0.5, 0.6) is 0 Å². The molecule has 0 fully saturated rings. The number of halogens is 4. The van der Waals surface area contributed by atoms with Crippen LogP contribution in [-0.2, 0) is 6.18 Å². The van der Waals surface area contributed by atoms with Crippen molar-refractivity contribution in [3.8, 4) is 0 Å². The van der Waals surface area contributed by atoms with Gasteiger partial charge in [-0.25, -0.2) is 4.98 Å². The minimum atomic E-state index is -4.59. The molecule has 3 aromatic rings. The van der Waals surface area contributed by atoms with Crippen molar-refractivity contribution >= 4 is 45.1 Å². The molecule has 27 heavy (non-hydrogen) atoms. The minimum absolute atomic E-state index is 0.0432. The first-order chi connectivity index (χ1) is 12.8. The molecule has 3 rings (SSSR count). The van der Waals surface area contributed by atoms with E-state index in [0.29, 0.717) is 11.4 Å². The van der Waals surface area contributed by atoms with Crippen molar-refractivity contribution in [2.75, 3.05) is 10.6 Å². The fourth-order valence-electron chi connectivity index (χ4n) is 2.32. The molecular weight excluding hydrogens is 421 g/mol. The van der Waals surface area contributed by atoms with Gasteiger partial charge in [0.05, 0.1) is 0 Å². The third-order valence-electron chi connectivity index (χ3n) is 3.56. The smallest absolute Gasteiger partial charge is 0.340 e. The Morgan fingerprint density at radius 3 is 2.37 bits per heavy atom. The summed E-state index contributed by atoms with van der Waals surface area (Å²) in [6.07, 6.45) is -2.17. The summed E-state index contributed by atoms with van der Waals surface area (Å²) < 4.78 is 40.7. The third kappa shape index (κ3) is 4.85. The second-order valence-electron chi connectivity index (χ2n) is 5.54. The first kappa shape index (κ1) is 18.9. The Hall–Kier alpha value is -2.87. The maximum atomic E-state index is 13.3. The van der Waals surface area contributed by atoms with Gasteiger partial charge in [0, 0.05) is 22.0 Å². The molecule has 0 aliphatic carbocycles. The number of hydrogen-bond donors (Lipinski definition) is 2. The number of anilines is 4. The first-order valence-electron chi connectivity index (χ1n) is 7.81. The minimum Gasteiger partial charge on any atom is -0.340 e. The lowest BCUT2D eigenvalue weighted by atomic mass is 10.2. The number of nitrogens with zero attached hydrogens (tertiary/aromatic N) is 2. The second kappa shape index (κ2) is 7.79. The van der Waals surface area contributed by atoms with E-state index in [1.807, 2.05) is 6.07 Å². The first-order valence-corrected chi connectivity index (χ1v) is 8.61. The van der Waals surface area contributed by atoms with Gasteiger partial charge in [-0.3, -0.25) is 0 Å². The lowest BCUT2D eigenvalue weighted by Crippen LogP contribution is -2.12. The van der Waals surface area contributed by atoms with E-state index in [4.69, 9.17) is 0 Å². The summed E-state index contributed by atoms with van der Waals surface area (Å²) >= 11 is 3.29. The average Bonchev–Trinajstić information content (AvgIpc) is 2.61. The molecule has 0 atom stereocenters. The highest BCUT2D eigenvalue weighted by Gasteiger charge is 2.35. The van der Waals surface area contributed by atoms with E-state index in [0.717, 1.165) is 16.2 Å². The van der Waals surface area contributed by atoms with E-state index < -0.39 is 11.7 Å². The SMILES string of the molecule is C=Cc1cccc(Nc2ncc(C(F)(F)F)c(Nc3cccc(Br)c3)n2)c1. The van der Waals surface area contributed by atoms with E-state index in [-0.39, 0.29) is 11.8 Å². The summed E-state index contributed by atoms with van der Waals surface area (Å²) in [5, 5.41) is 5.62. The van der Waals surface area contributed by atoms with E-state index in [9.17, 15) is 13.2 Å². The monoisotopic (exact) mass is 434 g/mol. The van der Waals surface area contributed by atoms with E-state index in [1.165, 1.54) is 0 Å². The second-order valence-corrected chi connectivity index (χ2v) is 6.46. The Bertz CT molecular complexity index is 973. The number of rotatable bonds is 5. The van der Waals surface area contributed by atoms with Crippen LogP contribution in [0.1, 0.15) is 11.1 Å². The molecule has 0 saturated carbocycles. The molecule has 0 amide bonds. The fraction of sp³-hybridized carbons (Fsp3) is 0.0526. The molecule has 0 bridgehead atoms. The van der Waals surface area contributed by atoms with Crippen LogP contribution in [0.3, 0.4) is 0 Å². The van der Waals surface area contributed by atoms with Crippen molar-refractivity contribution in [1.82, 2.24) is 9.97 Å². The summed E-state index contributed by atoms with van der Waals surface area (Å²) in [6, 6.07) is 14.0. The standard InChI is InChI=1S/C19H14BrF3N4/c1-2-12-5-3-7-14(9-12)26-18-24-11-16(19(21,22)23)17(27-18)25-15-8-4-6-13(20)10-15/h2-11H,1H2,(H2,24,25,26,27). The number of benzene rings is 2. The highest BCUT2D eigenvalue weighted by Crippen LogP contribution is 2.35. The maximum Gasteiger partial charge on any atom is 0.421 e. The quantitative estimate of drug-likeness (QED) is 0.488. The average molecular weight is 435 g/mol. The summed E-state index contributed by atoms with van der Waals surface area (Å²) in [4.78, 5) is 7.82. The van der Waals surface area contributed by atoms with E-state index in [1.54, 1.807) is 48.5 Å². The van der Waals surface area contributed by atoms with Crippen LogP contribution >= 0.6 is 15.9 Å². The largest absolute Gasteiger partial charge is 0.421 e. The number of nitrogens with one attached hydrogen (secondary N) is 2. The van der Waals surface area contributed by atoms with Gasteiger partial charge in [-0.2, -0.15) is 18.2 Å². The molecule has 4 nitrogen and oxygen atoms in total. The predicted octanol–water partition coefficient (Wildman–Crippen LogP) is 6.39. The zero-order valence-corrected chi connectivity index (χ0v) is 15.5. The van der Waals surface area contributed by atoms with Gasteiger partial charge in [-0.15, -0.1) is 0 Å². The van der Waals surface area contributed by atoms with Crippen molar-refractivity contribution in [2.24, 2.45) is 0 Å². The fourth-order valence-corrected chi connectivity index (χ4v) is 2.72. The van der Waals surface area contributed by atoms with Crippen molar-refractivity contribution < 1.29 is 13.2 Å². The number of hydrogen-bond acceptors (Lipinski definition) is 4. The molecule has 0 spiro atoms. The van der Waals surface area contributed by atoms with Gasteiger partial charge in [0.15, 0.2) is 0 Å². The van der Waals surface area contributed by atoms with Gasteiger partial charge in [0.25, 0.3) is 0 Å². The van der Waals surface area contributed by atoms with Crippen LogP contribution in [0, 0.1) is 0 Å². The normalized spacial score (nSPS) is 11.1. The van der Waals surface area contributed by atoms with E-state index >= 15 is 0 Å². The molecule has 0 aliphatic rings. The van der Waals surface area contributed by atoms with Crippen molar-refractivity contribution in [3.05, 3.63) is 76.9 Å². The van der Waals surface area contributed by atoms with Gasteiger partial charge < -0.3 is 10.6 Å². The van der Waals surface area contributed by atoms with Crippen LogP contribution in [-0.4, -0.2) is 9.97 Å². The van der Waals surface area contributed by atoms with Crippen LogP contribution in [0.15, 0.2) is 65.8 Å². The molecule has 2 aromatic carbocycles. The molecule has 138 valence electrons. The number of aromatic nitrogens is 2. The molecule has 2 N–H and O–H groups in total. The zero-order chi connectivity index (χ0) is 19.4. The molecule has 0 unspecified atom stereocenters. The zero-order valence-electron chi connectivity index (χ0n) is 13.9. The van der Waals surface area contributed by atoms with Gasteiger partial charge in [-0.05, 0) is 35.9 Å². The molecule has 0 radical (unpaired) electrons. The lowest BCUT2D eigenvalue weighted by Gasteiger charge is -2.15. The van der Waals surface area contributed by atoms with Crippen molar-refractivity contribution in [3.63, 3.8) is 0 Å². The predicted molar refractivity (Wildman–Crippen MR) is 104 cm³/mol. The highest BCUT2D eigenvalue weighted by molar-refractivity contribution is 9.10. The third-order valence-corrected chi connectivity index (χ3v) is 4.05. The van der Waals surface area contributed by atoms with Gasteiger partial charge in [0.1, 0.15) is 11.4 Å². The van der Waals surface area contributed by atoms with Crippen LogP contribution in [0.4, 0.5) is 36.3 Å². The Morgan fingerprint density at radius 2 is 1.70 bits per heavy atom. The van der Waals surface area contributed by atoms with Gasteiger partial charge in [0.2, 0.25) is 5.95 Å². The molecule has 1 aromatic heterocycles. The van der Waals surface area contributed by atoms with Crippen LogP contribution < -0.4 is 10.6 Å². The van der Waals surface area contributed by atoms with Gasteiger partial charge in [-0.1, -0.05) is 46.8 Å². The molecular formula is C19H14BrF3N4. The van der Waals surface area contributed by atoms with Gasteiger partial charge >= 0.3 is 6.18 Å². The maximum absolute atomic E-state index is 13.3. The number of alkyl halides is 3. The summed E-state index contributed by atoms with van der Waals surface area (Å²) in [5.41, 5.74) is 1.01. The van der Waals surface area contributed by atoms with Crippen molar-refractivity contribution in [1.29, 1.82) is 0 Å². The summed E-state index contributed by atoms with van der Waals surface area (Å²) in [5.74, 6) is -0.292.